The lowest BCUT2D eigenvalue weighted by Gasteiger charge is -2.25. The third-order valence-corrected chi connectivity index (χ3v) is 4.12. The lowest BCUT2D eigenvalue weighted by molar-refractivity contribution is 0.277. The van der Waals surface area contributed by atoms with Gasteiger partial charge in [-0.05, 0) is 18.9 Å². The van der Waals surface area contributed by atoms with Gasteiger partial charge in [-0.2, -0.15) is 0 Å². The van der Waals surface area contributed by atoms with Gasteiger partial charge in [0.05, 0.1) is 11.5 Å². The van der Waals surface area contributed by atoms with Crippen molar-refractivity contribution < 1.29 is 13.5 Å². The summed E-state index contributed by atoms with van der Waals surface area (Å²) in [6.07, 6.45) is 4.31. The highest BCUT2D eigenvalue weighted by atomic mass is 32.2. The predicted molar refractivity (Wildman–Crippen MR) is 54.7 cm³/mol. The Hall–Kier alpha value is -0.850. The van der Waals surface area contributed by atoms with Crippen molar-refractivity contribution in [2.45, 2.75) is 36.8 Å². The number of aromatic nitrogens is 1. The van der Waals surface area contributed by atoms with Crippen molar-refractivity contribution in [1.82, 2.24) is 9.71 Å². The van der Waals surface area contributed by atoms with Gasteiger partial charge in [0, 0.05) is 17.9 Å². The van der Waals surface area contributed by atoms with E-state index in [-0.39, 0.29) is 17.5 Å². The molecule has 3 N–H and O–H groups in total. The Morgan fingerprint density at radius 2 is 2.27 bits per heavy atom. The highest BCUT2D eigenvalue weighted by Gasteiger charge is 2.25. The number of hydrogen-bond donors (Lipinski definition) is 3. The van der Waals surface area contributed by atoms with E-state index in [0.717, 1.165) is 19.3 Å². The average Bonchev–Trinajstić information content (AvgIpc) is 2.60. The van der Waals surface area contributed by atoms with E-state index in [4.69, 9.17) is 5.11 Å². The second-order valence-corrected chi connectivity index (χ2v) is 5.48. The molecule has 1 aliphatic carbocycles. The molecule has 0 aromatic carbocycles. The summed E-state index contributed by atoms with van der Waals surface area (Å²) in [4.78, 5) is 2.89. The molecule has 1 aromatic heterocycles. The molecule has 1 saturated carbocycles. The Labute approximate surface area is 88.6 Å². The van der Waals surface area contributed by atoms with Crippen LogP contribution in [0.25, 0.3) is 0 Å². The SMILES string of the molecule is O=S(=O)(NC1CCC1)c1c[nH]c(CO)c1. The fourth-order valence-electron chi connectivity index (χ4n) is 1.48. The monoisotopic (exact) mass is 230 g/mol. The van der Waals surface area contributed by atoms with E-state index in [1.807, 2.05) is 0 Å². The van der Waals surface area contributed by atoms with E-state index < -0.39 is 10.0 Å². The maximum atomic E-state index is 11.8. The molecule has 1 aromatic rings. The number of aliphatic hydroxyl groups excluding tert-OH is 1. The van der Waals surface area contributed by atoms with Crippen LogP contribution in [0.15, 0.2) is 17.2 Å². The fourth-order valence-corrected chi connectivity index (χ4v) is 2.80. The minimum atomic E-state index is -3.40. The summed E-state index contributed by atoms with van der Waals surface area (Å²) >= 11 is 0. The molecular weight excluding hydrogens is 216 g/mol. The van der Waals surface area contributed by atoms with Gasteiger partial charge in [0.15, 0.2) is 0 Å². The first-order valence-corrected chi connectivity index (χ1v) is 6.40. The number of hydrogen-bond acceptors (Lipinski definition) is 3. The maximum Gasteiger partial charge on any atom is 0.242 e. The van der Waals surface area contributed by atoms with Crippen LogP contribution in [0.3, 0.4) is 0 Å². The number of nitrogens with one attached hydrogen (secondary N) is 2. The van der Waals surface area contributed by atoms with Crippen LogP contribution in [0, 0.1) is 0 Å². The molecule has 2 rings (SSSR count). The summed E-state index contributed by atoms with van der Waals surface area (Å²) < 4.78 is 26.1. The Bertz CT molecular complexity index is 434. The van der Waals surface area contributed by atoms with Crippen molar-refractivity contribution in [2.24, 2.45) is 0 Å². The Morgan fingerprint density at radius 3 is 2.73 bits per heavy atom. The molecule has 15 heavy (non-hydrogen) atoms. The lowest BCUT2D eigenvalue weighted by atomic mass is 9.94. The van der Waals surface area contributed by atoms with Gasteiger partial charge in [0.25, 0.3) is 0 Å². The summed E-state index contributed by atoms with van der Waals surface area (Å²) in [6, 6.07) is 1.53. The van der Waals surface area contributed by atoms with Crippen molar-refractivity contribution in [3.63, 3.8) is 0 Å². The van der Waals surface area contributed by atoms with E-state index >= 15 is 0 Å². The third kappa shape index (κ3) is 2.22. The Balaban J connectivity index is 2.13. The van der Waals surface area contributed by atoms with E-state index in [9.17, 15) is 8.42 Å². The first-order valence-electron chi connectivity index (χ1n) is 4.92. The molecule has 0 amide bonds. The maximum absolute atomic E-state index is 11.8. The fraction of sp³-hybridized carbons (Fsp3) is 0.556. The third-order valence-electron chi connectivity index (χ3n) is 2.62. The van der Waals surface area contributed by atoms with Gasteiger partial charge in [0.2, 0.25) is 10.0 Å². The average molecular weight is 230 g/mol. The Morgan fingerprint density at radius 1 is 1.53 bits per heavy atom. The van der Waals surface area contributed by atoms with Crippen LogP contribution >= 0.6 is 0 Å². The number of sulfonamides is 1. The molecule has 6 heteroatoms. The number of H-pyrrole nitrogens is 1. The van der Waals surface area contributed by atoms with Crippen LogP contribution in [0.4, 0.5) is 0 Å². The highest BCUT2D eigenvalue weighted by molar-refractivity contribution is 7.89. The Kier molecular flexibility index (Phi) is 2.81. The number of aliphatic hydroxyl groups is 1. The number of rotatable bonds is 4. The predicted octanol–water partition coefficient (Wildman–Crippen LogP) is 0.338. The van der Waals surface area contributed by atoms with Crippen LogP contribution in [0.2, 0.25) is 0 Å². The number of aromatic amines is 1. The van der Waals surface area contributed by atoms with E-state index in [0.29, 0.717) is 5.69 Å². The molecule has 0 saturated heterocycles. The van der Waals surface area contributed by atoms with Gasteiger partial charge in [-0.15, -0.1) is 0 Å². The summed E-state index contributed by atoms with van der Waals surface area (Å²) in [5.74, 6) is 0. The zero-order valence-electron chi connectivity index (χ0n) is 8.23. The van der Waals surface area contributed by atoms with E-state index in [1.165, 1.54) is 12.3 Å². The zero-order valence-corrected chi connectivity index (χ0v) is 9.05. The molecule has 0 radical (unpaired) electrons. The van der Waals surface area contributed by atoms with Crippen molar-refractivity contribution in [3.8, 4) is 0 Å². The van der Waals surface area contributed by atoms with E-state index in [1.54, 1.807) is 0 Å². The molecule has 0 unspecified atom stereocenters. The lowest BCUT2D eigenvalue weighted by Crippen LogP contribution is -2.39. The topological polar surface area (TPSA) is 82.2 Å². The van der Waals surface area contributed by atoms with Gasteiger partial charge in [-0.1, -0.05) is 6.42 Å². The smallest absolute Gasteiger partial charge is 0.242 e. The van der Waals surface area contributed by atoms with Crippen LogP contribution in [-0.2, 0) is 16.6 Å². The zero-order chi connectivity index (χ0) is 10.9. The standard InChI is InChI=1S/C9H14N2O3S/c12-6-8-4-9(5-10-8)15(13,14)11-7-2-1-3-7/h4-5,7,10-12H,1-3,6H2. The van der Waals surface area contributed by atoms with Crippen molar-refractivity contribution >= 4 is 10.0 Å². The molecule has 84 valence electrons. The van der Waals surface area contributed by atoms with Gasteiger partial charge < -0.3 is 10.1 Å². The molecular formula is C9H14N2O3S. The first-order chi connectivity index (χ1) is 7.12. The molecule has 0 spiro atoms. The van der Waals surface area contributed by atoms with Crippen LogP contribution in [0.1, 0.15) is 25.0 Å². The van der Waals surface area contributed by atoms with Crippen molar-refractivity contribution in [3.05, 3.63) is 18.0 Å². The molecule has 1 fully saturated rings. The second-order valence-electron chi connectivity index (χ2n) is 3.77. The van der Waals surface area contributed by atoms with Gasteiger partial charge in [-0.25, -0.2) is 13.1 Å². The minimum Gasteiger partial charge on any atom is -0.390 e. The summed E-state index contributed by atoms with van der Waals surface area (Å²) in [6.45, 7) is -0.182. The van der Waals surface area contributed by atoms with Crippen molar-refractivity contribution in [1.29, 1.82) is 0 Å². The van der Waals surface area contributed by atoms with Crippen LogP contribution in [0.5, 0.6) is 0 Å². The van der Waals surface area contributed by atoms with Crippen molar-refractivity contribution in [2.75, 3.05) is 0 Å². The van der Waals surface area contributed by atoms with Gasteiger partial charge >= 0.3 is 0 Å². The quantitative estimate of drug-likeness (QED) is 0.697. The summed E-state index contributed by atoms with van der Waals surface area (Å²) in [7, 11) is -3.40. The van der Waals surface area contributed by atoms with Gasteiger partial charge in [-0.3, -0.25) is 0 Å². The first kappa shape index (κ1) is 10.7. The summed E-state index contributed by atoms with van der Waals surface area (Å²) in [5, 5.41) is 8.81. The largest absolute Gasteiger partial charge is 0.390 e. The molecule has 0 aliphatic heterocycles. The van der Waals surface area contributed by atoms with Crippen LogP contribution < -0.4 is 4.72 Å². The molecule has 0 atom stereocenters. The van der Waals surface area contributed by atoms with Crippen LogP contribution in [-0.4, -0.2) is 24.6 Å². The molecule has 0 bridgehead atoms. The minimum absolute atomic E-state index is 0.0856. The highest BCUT2D eigenvalue weighted by Crippen LogP contribution is 2.21. The molecule has 5 nitrogen and oxygen atoms in total. The second kappa shape index (κ2) is 3.96. The summed E-state index contributed by atoms with van der Waals surface area (Å²) in [5.41, 5.74) is 0.504. The molecule has 1 aliphatic rings. The van der Waals surface area contributed by atoms with E-state index in [2.05, 4.69) is 9.71 Å². The van der Waals surface area contributed by atoms with Gasteiger partial charge in [0.1, 0.15) is 0 Å². The molecule has 1 heterocycles. The normalized spacial score (nSPS) is 17.7.